The number of hydrogen-bond acceptors (Lipinski definition) is 6. The number of rotatable bonds is 7. The zero-order valence-electron chi connectivity index (χ0n) is 15.1. The molecule has 0 aliphatic carbocycles. The van der Waals surface area contributed by atoms with Gasteiger partial charge in [-0.25, -0.2) is 4.98 Å². The monoisotopic (exact) mass is 343 g/mol. The number of aromatic nitrogens is 1. The quantitative estimate of drug-likeness (QED) is 0.748. The Morgan fingerprint density at radius 1 is 1.08 bits per heavy atom. The molecule has 0 fully saturated rings. The van der Waals surface area contributed by atoms with Gasteiger partial charge in [-0.05, 0) is 44.0 Å². The van der Waals surface area contributed by atoms with Crippen LogP contribution in [0.2, 0.25) is 0 Å². The number of anilines is 2. The molecule has 2 aromatic rings. The Labute approximate surface area is 148 Å². The number of benzene rings is 1. The van der Waals surface area contributed by atoms with Crippen LogP contribution in [0.4, 0.5) is 11.5 Å². The molecule has 134 valence electrons. The summed E-state index contributed by atoms with van der Waals surface area (Å²) in [6.45, 7) is 8.51. The standard InChI is InChI=1S/C19H25N3O3/c1-11(2)10-24-14-7-13(8-15(9-14)25-12(3)4)18(23)17-6-5-16(20)19(21)22-17/h5-9,11-12H,10,20H2,1-4H3,(H2,21,22). The van der Waals surface area contributed by atoms with Crippen LogP contribution < -0.4 is 20.9 Å². The molecule has 1 aromatic carbocycles. The lowest BCUT2D eigenvalue weighted by atomic mass is 10.1. The zero-order chi connectivity index (χ0) is 18.6. The molecule has 0 amide bonds. The summed E-state index contributed by atoms with van der Waals surface area (Å²) in [7, 11) is 0. The van der Waals surface area contributed by atoms with Gasteiger partial charge in [0.05, 0.1) is 18.4 Å². The fourth-order valence-electron chi connectivity index (χ4n) is 2.15. The smallest absolute Gasteiger partial charge is 0.211 e. The van der Waals surface area contributed by atoms with Crippen LogP contribution in [0.3, 0.4) is 0 Å². The Bertz CT molecular complexity index is 758. The summed E-state index contributed by atoms with van der Waals surface area (Å²) >= 11 is 0. The zero-order valence-corrected chi connectivity index (χ0v) is 15.1. The van der Waals surface area contributed by atoms with E-state index in [4.69, 9.17) is 20.9 Å². The van der Waals surface area contributed by atoms with Crippen LogP contribution in [0.15, 0.2) is 30.3 Å². The predicted molar refractivity (Wildman–Crippen MR) is 99.0 cm³/mol. The third-order valence-corrected chi connectivity index (χ3v) is 3.29. The van der Waals surface area contributed by atoms with Crippen molar-refractivity contribution in [2.75, 3.05) is 18.1 Å². The number of ketones is 1. The highest BCUT2D eigenvalue weighted by Crippen LogP contribution is 2.26. The molecule has 6 nitrogen and oxygen atoms in total. The van der Waals surface area contributed by atoms with E-state index in [-0.39, 0.29) is 23.4 Å². The highest BCUT2D eigenvalue weighted by atomic mass is 16.5. The molecule has 0 bridgehead atoms. The van der Waals surface area contributed by atoms with Gasteiger partial charge < -0.3 is 20.9 Å². The van der Waals surface area contributed by atoms with Gasteiger partial charge in [0, 0.05) is 11.6 Å². The third-order valence-electron chi connectivity index (χ3n) is 3.29. The first kappa shape index (κ1) is 18.6. The number of hydrogen-bond donors (Lipinski definition) is 2. The Hall–Kier alpha value is -2.76. The van der Waals surface area contributed by atoms with Crippen molar-refractivity contribution in [1.82, 2.24) is 4.98 Å². The molecule has 0 saturated carbocycles. The highest BCUT2D eigenvalue weighted by molar-refractivity contribution is 6.08. The number of carbonyl (C=O) groups excluding carboxylic acids is 1. The normalized spacial score (nSPS) is 11.0. The first-order valence-electron chi connectivity index (χ1n) is 8.27. The molecule has 0 spiro atoms. The molecule has 0 aliphatic heterocycles. The van der Waals surface area contributed by atoms with Gasteiger partial charge in [-0.1, -0.05) is 13.8 Å². The van der Waals surface area contributed by atoms with E-state index in [2.05, 4.69) is 18.8 Å². The molecule has 0 aliphatic rings. The third kappa shape index (κ3) is 5.11. The van der Waals surface area contributed by atoms with Crippen molar-refractivity contribution < 1.29 is 14.3 Å². The maximum atomic E-state index is 12.8. The molecular formula is C19H25N3O3. The van der Waals surface area contributed by atoms with Crippen LogP contribution in [0.1, 0.15) is 43.7 Å². The number of ether oxygens (including phenoxy) is 2. The van der Waals surface area contributed by atoms with Crippen molar-refractivity contribution in [1.29, 1.82) is 0 Å². The minimum atomic E-state index is -0.268. The van der Waals surface area contributed by atoms with Gasteiger partial charge in [-0.2, -0.15) is 0 Å². The number of carbonyl (C=O) groups is 1. The van der Waals surface area contributed by atoms with Gasteiger partial charge in [-0.15, -0.1) is 0 Å². The van der Waals surface area contributed by atoms with Gasteiger partial charge in [0.1, 0.15) is 23.0 Å². The van der Waals surface area contributed by atoms with Crippen LogP contribution in [0, 0.1) is 5.92 Å². The fraction of sp³-hybridized carbons (Fsp3) is 0.368. The second kappa shape index (κ2) is 7.88. The fourth-order valence-corrected chi connectivity index (χ4v) is 2.15. The first-order valence-corrected chi connectivity index (χ1v) is 8.27. The van der Waals surface area contributed by atoms with Gasteiger partial charge in [-0.3, -0.25) is 4.79 Å². The molecule has 0 saturated heterocycles. The van der Waals surface area contributed by atoms with Crippen molar-refractivity contribution in [2.24, 2.45) is 5.92 Å². The summed E-state index contributed by atoms with van der Waals surface area (Å²) in [5.41, 5.74) is 12.4. The van der Waals surface area contributed by atoms with Gasteiger partial charge in [0.25, 0.3) is 0 Å². The molecule has 0 radical (unpaired) electrons. The molecule has 4 N–H and O–H groups in total. The molecule has 0 unspecified atom stereocenters. The Kier molecular flexibility index (Phi) is 5.85. The van der Waals surface area contributed by atoms with Crippen LogP contribution in [-0.2, 0) is 0 Å². The van der Waals surface area contributed by atoms with Crippen molar-refractivity contribution in [2.45, 2.75) is 33.8 Å². The second-order valence-electron chi connectivity index (χ2n) is 6.56. The lowest BCUT2D eigenvalue weighted by Gasteiger charge is -2.15. The average Bonchev–Trinajstić information content (AvgIpc) is 2.54. The van der Waals surface area contributed by atoms with E-state index in [9.17, 15) is 4.79 Å². The molecule has 0 atom stereocenters. The lowest BCUT2D eigenvalue weighted by Crippen LogP contribution is -2.11. The maximum absolute atomic E-state index is 12.8. The molecule has 1 heterocycles. The minimum absolute atomic E-state index is 0.0198. The predicted octanol–water partition coefficient (Wildman–Crippen LogP) is 3.30. The Morgan fingerprint density at radius 3 is 2.36 bits per heavy atom. The number of pyridine rings is 1. The number of nitrogens with two attached hydrogens (primary N) is 2. The highest BCUT2D eigenvalue weighted by Gasteiger charge is 2.15. The van der Waals surface area contributed by atoms with E-state index in [1.165, 1.54) is 0 Å². The van der Waals surface area contributed by atoms with E-state index in [0.717, 1.165) is 0 Å². The van der Waals surface area contributed by atoms with E-state index >= 15 is 0 Å². The number of nitrogens with zero attached hydrogens (tertiary/aromatic N) is 1. The first-order chi connectivity index (χ1) is 11.8. The lowest BCUT2D eigenvalue weighted by molar-refractivity contribution is 0.103. The Balaban J connectivity index is 2.37. The summed E-state index contributed by atoms with van der Waals surface area (Å²) < 4.78 is 11.5. The summed E-state index contributed by atoms with van der Waals surface area (Å²) in [5, 5.41) is 0. The van der Waals surface area contributed by atoms with Crippen LogP contribution in [-0.4, -0.2) is 23.5 Å². The van der Waals surface area contributed by atoms with Crippen molar-refractivity contribution in [3.8, 4) is 11.5 Å². The van der Waals surface area contributed by atoms with Crippen LogP contribution in [0.5, 0.6) is 11.5 Å². The van der Waals surface area contributed by atoms with Gasteiger partial charge in [0.2, 0.25) is 5.78 Å². The molecule has 1 aromatic heterocycles. The van der Waals surface area contributed by atoms with Gasteiger partial charge >= 0.3 is 0 Å². The summed E-state index contributed by atoms with van der Waals surface area (Å²) in [4.78, 5) is 16.8. The summed E-state index contributed by atoms with van der Waals surface area (Å²) in [6, 6.07) is 8.27. The molecule has 2 rings (SSSR count). The van der Waals surface area contributed by atoms with E-state index in [1.54, 1.807) is 30.3 Å². The molecule has 6 heteroatoms. The van der Waals surface area contributed by atoms with Crippen molar-refractivity contribution in [3.05, 3.63) is 41.6 Å². The van der Waals surface area contributed by atoms with Gasteiger partial charge in [0.15, 0.2) is 0 Å². The molecule has 25 heavy (non-hydrogen) atoms. The van der Waals surface area contributed by atoms with Crippen LogP contribution in [0.25, 0.3) is 0 Å². The van der Waals surface area contributed by atoms with E-state index in [0.29, 0.717) is 35.3 Å². The SMILES string of the molecule is CC(C)COc1cc(OC(C)C)cc(C(=O)c2ccc(N)c(N)n2)c1. The number of nitrogen functional groups attached to an aromatic ring is 2. The van der Waals surface area contributed by atoms with Crippen molar-refractivity contribution in [3.63, 3.8) is 0 Å². The molecular weight excluding hydrogens is 318 g/mol. The largest absolute Gasteiger partial charge is 0.493 e. The Morgan fingerprint density at radius 2 is 1.76 bits per heavy atom. The summed E-state index contributed by atoms with van der Waals surface area (Å²) in [6.07, 6.45) is -0.0198. The van der Waals surface area contributed by atoms with E-state index < -0.39 is 0 Å². The van der Waals surface area contributed by atoms with Crippen LogP contribution >= 0.6 is 0 Å². The maximum Gasteiger partial charge on any atom is 0.211 e. The minimum Gasteiger partial charge on any atom is -0.493 e. The second-order valence-corrected chi connectivity index (χ2v) is 6.56. The average molecular weight is 343 g/mol. The van der Waals surface area contributed by atoms with Crippen molar-refractivity contribution >= 4 is 17.3 Å². The topological polar surface area (TPSA) is 100 Å². The summed E-state index contributed by atoms with van der Waals surface area (Å²) in [5.74, 6) is 1.39. The van der Waals surface area contributed by atoms with E-state index in [1.807, 2.05) is 13.8 Å².